The molecule has 0 fully saturated rings. The Kier molecular flexibility index (Phi) is 2.96. The number of anilines is 2. The van der Waals surface area contributed by atoms with E-state index in [2.05, 4.69) is 0 Å². The molecule has 4 N–H and O–H groups in total. The number of nitrogens with two attached hydrogens (primary N) is 2. The Bertz CT molecular complexity index is 553. The van der Waals surface area contributed by atoms with Gasteiger partial charge in [0.15, 0.2) is 12.0 Å². The highest BCUT2D eigenvalue weighted by atomic mass is 16.5. The van der Waals surface area contributed by atoms with Crippen LogP contribution in [-0.4, -0.2) is 6.29 Å². The van der Waals surface area contributed by atoms with Crippen molar-refractivity contribution in [2.45, 2.75) is 0 Å². The molecule has 0 unspecified atom stereocenters. The summed E-state index contributed by atoms with van der Waals surface area (Å²) < 4.78 is 5.58. The normalized spacial score (nSPS) is 9.88. The van der Waals surface area contributed by atoms with Crippen LogP contribution in [0.1, 0.15) is 10.4 Å². The van der Waals surface area contributed by atoms with E-state index in [-0.39, 0.29) is 0 Å². The first-order valence-corrected chi connectivity index (χ1v) is 5.08. The van der Waals surface area contributed by atoms with Gasteiger partial charge >= 0.3 is 0 Å². The second kappa shape index (κ2) is 4.57. The minimum atomic E-state index is 0.369. The summed E-state index contributed by atoms with van der Waals surface area (Å²) in [7, 11) is 0. The zero-order valence-electron chi connectivity index (χ0n) is 9.09. The van der Waals surface area contributed by atoms with Gasteiger partial charge in [-0.2, -0.15) is 0 Å². The van der Waals surface area contributed by atoms with Crippen LogP contribution in [0, 0.1) is 0 Å². The van der Waals surface area contributed by atoms with Crippen molar-refractivity contribution in [2.75, 3.05) is 11.5 Å². The Morgan fingerprint density at radius 1 is 0.941 bits per heavy atom. The van der Waals surface area contributed by atoms with E-state index in [1.54, 1.807) is 42.5 Å². The number of carbonyl (C=O) groups excluding carboxylic acids is 1. The van der Waals surface area contributed by atoms with Crippen LogP contribution >= 0.6 is 0 Å². The molecular formula is C13H12N2O2. The standard InChI is InChI=1S/C13H12N2O2/c14-10-5-3-7-12(13(10)15)17-11-6-2-1-4-9(11)8-16/h1-8H,14-15H2. The average Bonchev–Trinajstić information content (AvgIpc) is 2.35. The third-order valence-electron chi connectivity index (χ3n) is 2.37. The topological polar surface area (TPSA) is 78.3 Å². The molecule has 0 aliphatic rings. The van der Waals surface area contributed by atoms with Crippen molar-refractivity contribution in [3.63, 3.8) is 0 Å². The number of hydrogen-bond donors (Lipinski definition) is 2. The first-order chi connectivity index (χ1) is 8.22. The molecule has 0 bridgehead atoms. The second-order valence-corrected chi connectivity index (χ2v) is 3.52. The molecule has 86 valence electrons. The van der Waals surface area contributed by atoms with Crippen LogP contribution in [0.3, 0.4) is 0 Å². The molecule has 2 rings (SSSR count). The molecule has 0 aliphatic carbocycles. The Morgan fingerprint density at radius 3 is 2.41 bits per heavy atom. The van der Waals surface area contributed by atoms with Crippen molar-refractivity contribution in [2.24, 2.45) is 0 Å². The fourth-order valence-electron chi connectivity index (χ4n) is 1.44. The zero-order valence-corrected chi connectivity index (χ0v) is 9.09. The van der Waals surface area contributed by atoms with Gasteiger partial charge in [0.05, 0.1) is 16.9 Å². The molecule has 0 aliphatic heterocycles. The molecule has 2 aromatic carbocycles. The molecule has 0 radical (unpaired) electrons. The quantitative estimate of drug-likeness (QED) is 0.624. The maximum Gasteiger partial charge on any atom is 0.153 e. The predicted molar refractivity (Wildman–Crippen MR) is 67.2 cm³/mol. The number of hydrogen-bond acceptors (Lipinski definition) is 4. The maximum atomic E-state index is 10.8. The van der Waals surface area contributed by atoms with Gasteiger partial charge in [0.2, 0.25) is 0 Å². The molecular weight excluding hydrogens is 216 g/mol. The fourth-order valence-corrected chi connectivity index (χ4v) is 1.44. The van der Waals surface area contributed by atoms with Crippen LogP contribution in [0.15, 0.2) is 42.5 Å². The number of rotatable bonds is 3. The molecule has 4 heteroatoms. The summed E-state index contributed by atoms with van der Waals surface area (Å²) in [5.41, 5.74) is 12.7. The van der Waals surface area contributed by atoms with Crippen molar-refractivity contribution >= 4 is 17.7 Å². The lowest BCUT2D eigenvalue weighted by atomic mass is 10.2. The molecule has 0 spiro atoms. The first-order valence-electron chi connectivity index (χ1n) is 5.08. The summed E-state index contributed by atoms with van der Waals surface area (Å²) in [5.74, 6) is 0.902. The lowest BCUT2D eigenvalue weighted by Crippen LogP contribution is -1.98. The molecule has 4 nitrogen and oxygen atoms in total. The van der Waals surface area contributed by atoms with Gasteiger partial charge in [-0.25, -0.2) is 0 Å². The van der Waals surface area contributed by atoms with Gasteiger partial charge in [0, 0.05) is 0 Å². The summed E-state index contributed by atoms with van der Waals surface area (Å²) in [6, 6.07) is 12.0. The number of para-hydroxylation sites is 2. The van der Waals surface area contributed by atoms with Crippen LogP contribution in [0.5, 0.6) is 11.5 Å². The number of ether oxygens (including phenoxy) is 1. The van der Waals surface area contributed by atoms with E-state index in [1.165, 1.54) is 0 Å². The van der Waals surface area contributed by atoms with Crippen LogP contribution < -0.4 is 16.2 Å². The average molecular weight is 228 g/mol. The van der Waals surface area contributed by atoms with Crippen LogP contribution in [-0.2, 0) is 0 Å². The number of nitrogen functional groups attached to an aromatic ring is 2. The monoisotopic (exact) mass is 228 g/mol. The van der Waals surface area contributed by atoms with E-state index in [4.69, 9.17) is 16.2 Å². The highest BCUT2D eigenvalue weighted by Gasteiger charge is 2.07. The Labute approximate surface area is 98.8 Å². The van der Waals surface area contributed by atoms with Crippen molar-refractivity contribution < 1.29 is 9.53 Å². The van der Waals surface area contributed by atoms with Gasteiger partial charge in [-0.3, -0.25) is 4.79 Å². The fraction of sp³-hybridized carbons (Fsp3) is 0. The van der Waals surface area contributed by atoms with Crippen LogP contribution in [0.2, 0.25) is 0 Å². The molecule has 17 heavy (non-hydrogen) atoms. The third-order valence-corrected chi connectivity index (χ3v) is 2.37. The minimum absolute atomic E-state index is 0.369. The predicted octanol–water partition coefficient (Wildman–Crippen LogP) is 2.46. The highest BCUT2D eigenvalue weighted by Crippen LogP contribution is 2.32. The van der Waals surface area contributed by atoms with E-state index in [0.29, 0.717) is 28.4 Å². The van der Waals surface area contributed by atoms with Crippen molar-refractivity contribution in [3.05, 3.63) is 48.0 Å². The SMILES string of the molecule is Nc1cccc(Oc2ccccc2C=O)c1N. The van der Waals surface area contributed by atoms with E-state index in [1.807, 2.05) is 0 Å². The maximum absolute atomic E-state index is 10.8. The number of benzene rings is 2. The first kappa shape index (κ1) is 11.0. The summed E-state index contributed by atoms with van der Waals surface area (Å²) >= 11 is 0. The van der Waals surface area contributed by atoms with Gasteiger partial charge in [-0.05, 0) is 24.3 Å². The van der Waals surface area contributed by atoms with Gasteiger partial charge < -0.3 is 16.2 Å². The highest BCUT2D eigenvalue weighted by molar-refractivity contribution is 5.80. The molecule has 2 aromatic rings. The zero-order chi connectivity index (χ0) is 12.3. The molecule has 0 amide bonds. The summed E-state index contributed by atoms with van der Waals surface area (Å²) in [4.78, 5) is 10.8. The summed E-state index contributed by atoms with van der Waals surface area (Å²) in [6.45, 7) is 0. The molecule has 0 atom stereocenters. The van der Waals surface area contributed by atoms with Gasteiger partial charge in [0.1, 0.15) is 5.75 Å². The second-order valence-electron chi connectivity index (χ2n) is 3.52. The lowest BCUT2D eigenvalue weighted by molar-refractivity contribution is 0.112. The van der Waals surface area contributed by atoms with E-state index >= 15 is 0 Å². The lowest BCUT2D eigenvalue weighted by Gasteiger charge is -2.11. The van der Waals surface area contributed by atoms with Crippen molar-refractivity contribution in [3.8, 4) is 11.5 Å². The van der Waals surface area contributed by atoms with Crippen LogP contribution in [0.4, 0.5) is 11.4 Å². The minimum Gasteiger partial charge on any atom is -0.454 e. The number of carbonyl (C=O) groups is 1. The van der Waals surface area contributed by atoms with E-state index in [0.717, 1.165) is 6.29 Å². The van der Waals surface area contributed by atoms with Gasteiger partial charge in [-0.1, -0.05) is 18.2 Å². The largest absolute Gasteiger partial charge is 0.454 e. The Balaban J connectivity index is 2.38. The molecule has 0 saturated carbocycles. The van der Waals surface area contributed by atoms with Gasteiger partial charge in [0.25, 0.3) is 0 Å². The van der Waals surface area contributed by atoms with Crippen molar-refractivity contribution in [1.82, 2.24) is 0 Å². The van der Waals surface area contributed by atoms with E-state index in [9.17, 15) is 4.79 Å². The Hall–Kier alpha value is -2.49. The summed E-state index contributed by atoms with van der Waals surface area (Å²) in [6.07, 6.45) is 0.734. The molecule has 0 saturated heterocycles. The molecule has 0 aromatic heterocycles. The summed E-state index contributed by atoms with van der Waals surface area (Å²) in [5, 5.41) is 0. The van der Waals surface area contributed by atoms with E-state index < -0.39 is 0 Å². The smallest absolute Gasteiger partial charge is 0.153 e. The number of aldehydes is 1. The molecule has 0 heterocycles. The Morgan fingerprint density at radius 2 is 1.65 bits per heavy atom. The van der Waals surface area contributed by atoms with Crippen molar-refractivity contribution in [1.29, 1.82) is 0 Å². The third kappa shape index (κ3) is 2.20. The van der Waals surface area contributed by atoms with Gasteiger partial charge in [-0.15, -0.1) is 0 Å². The van der Waals surface area contributed by atoms with Crippen LogP contribution in [0.25, 0.3) is 0 Å².